The second-order valence-electron chi connectivity index (χ2n) is 2.94. The van der Waals surface area contributed by atoms with Crippen molar-refractivity contribution in [2.75, 3.05) is 7.11 Å². The molecule has 0 saturated carbocycles. The number of aldehydes is 1. The molecule has 0 unspecified atom stereocenters. The van der Waals surface area contributed by atoms with Crippen LogP contribution in [0, 0.1) is 0 Å². The molecule has 0 aliphatic carbocycles. The predicted octanol–water partition coefficient (Wildman–Crippen LogP) is 1.44. The fourth-order valence-electron chi connectivity index (χ4n) is 1.09. The first-order valence-corrected chi connectivity index (χ1v) is 4.47. The Morgan fingerprint density at radius 3 is 2.67 bits per heavy atom. The van der Waals surface area contributed by atoms with Crippen molar-refractivity contribution < 1.29 is 19.1 Å². The molecule has 0 bridgehead atoms. The summed E-state index contributed by atoms with van der Waals surface area (Å²) in [6.45, 7) is 1.56. The lowest BCUT2D eigenvalue weighted by atomic mass is 10.2. The van der Waals surface area contributed by atoms with E-state index in [0.29, 0.717) is 17.6 Å². The van der Waals surface area contributed by atoms with E-state index in [9.17, 15) is 9.59 Å². The van der Waals surface area contributed by atoms with Crippen LogP contribution in [0.25, 0.3) is 0 Å². The highest BCUT2D eigenvalue weighted by molar-refractivity contribution is 5.80. The molecule has 4 nitrogen and oxygen atoms in total. The maximum absolute atomic E-state index is 11.1. The third-order valence-corrected chi connectivity index (χ3v) is 1.88. The molecule has 4 heteroatoms. The molecule has 1 atom stereocenters. The van der Waals surface area contributed by atoms with Crippen molar-refractivity contribution >= 4 is 12.3 Å². The summed E-state index contributed by atoms with van der Waals surface area (Å²) in [5.74, 6) is -0.0962. The maximum atomic E-state index is 11.1. The first kappa shape index (κ1) is 11.2. The van der Waals surface area contributed by atoms with Crippen LogP contribution >= 0.6 is 0 Å². The van der Waals surface area contributed by atoms with Gasteiger partial charge in [0.2, 0.25) is 0 Å². The van der Waals surface area contributed by atoms with Gasteiger partial charge in [0.1, 0.15) is 5.75 Å². The summed E-state index contributed by atoms with van der Waals surface area (Å²) in [5.41, 5.74) is 0.410. The number of carbonyl (C=O) groups excluding carboxylic acids is 2. The monoisotopic (exact) mass is 208 g/mol. The number of methoxy groups -OCH3 is 1. The molecule has 1 rings (SSSR count). The van der Waals surface area contributed by atoms with Gasteiger partial charge in [0.15, 0.2) is 12.4 Å². The molecule has 0 heterocycles. The Kier molecular flexibility index (Phi) is 3.85. The van der Waals surface area contributed by atoms with Crippen molar-refractivity contribution in [1.29, 1.82) is 0 Å². The molecule has 0 spiro atoms. The molecule has 1 aromatic rings. The van der Waals surface area contributed by atoms with Crippen molar-refractivity contribution in [1.82, 2.24) is 0 Å². The quantitative estimate of drug-likeness (QED) is 0.555. The minimum atomic E-state index is -0.726. The molecule has 0 N–H and O–H groups in total. The van der Waals surface area contributed by atoms with E-state index < -0.39 is 12.1 Å². The third kappa shape index (κ3) is 2.80. The Morgan fingerprint density at radius 2 is 2.07 bits per heavy atom. The molecular formula is C11H12O4. The lowest BCUT2D eigenvalue weighted by Gasteiger charge is -2.13. The van der Waals surface area contributed by atoms with E-state index in [4.69, 9.17) is 4.74 Å². The van der Waals surface area contributed by atoms with Crippen molar-refractivity contribution in [3.05, 3.63) is 29.8 Å². The molecule has 0 amide bonds. The molecule has 0 saturated heterocycles. The Morgan fingerprint density at radius 1 is 1.40 bits per heavy atom. The second-order valence-corrected chi connectivity index (χ2v) is 2.94. The third-order valence-electron chi connectivity index (χ3n) is 1.88. The summed E-state index contributed by atoms with van der Waals surface area (Å²) in [7, 11) is 1.29. The van der Waals surface area contributed by atoms with Gasteiger partial charge in [-0.05, 0) is 19.1 Å². The van der Waals surface area contributed by atoms with E-state index in [1.165, 1.54) is 7.11 Å². The number of ether oxygens (including phenoxy) is 2. The zero-order valence-electron chi connectivity index (χ0n) is 8.60. The highest BCUT2D eigenvalue weighted by Gasteiger charge is 2.15. The van der Waals surface area contributed by atoms with Gasteiger partial charge in [0, 0.05) is 0 Å². The number of esters is 1. The number of benzene rings is 1. The van der Waals surface area contributed by atoms with E-state index in [-0.39, 0.29) is 0 Å². The summed E-state index contributed by atoms with van der Waals surface area (Å²) in [5, 5.41) is 0. The lowest BCUT2D eigenvalue weighted by molar-refractivity contribution is -0.147. The zero-order valence-corrected chi connectivity index (χ0v) is 8.60. The molecule has 0 aliphatic rings. The van der Waals surface area contributed by atoms with Gasteiger partial charge in [-0.2, -0.15) is 0 Å². The fraction of sp³-hybridized carbons (Fsp3) is 0.273. The predicted molar refractivity (Wildman–Crippen MR) is 53.9 cm³/mol. The molecule has 0 fully saturated rings. The van der Waals surface area contributed by atoms with Gasteiger partial charge >= 0.3 is 5.97 Å². The van der Waals surface area contributed by atoms with Crippen LogP contribution in [0.4, 0.5) is 0 Å². The lowest BCUT2D eigenvalue weighted by Crippen LogP contribution is -2.25. The minimum Gasteiger partial charge on any atom is -0.478 e. The number of hydrogen-bond acceptors (Lipinski definition) is 4. The molecule has 0 aliphatic heterocycles. The Balaban J connectivity index is 2.80. The van der Waals surface area contributed by atoms with Crippen molar-refractivity contribution in [2.24, 2.45) is 0 Å². The van der Waals surface area contributed by atoms with Crippen LogP contribution in [-0.2, 0) is 9.53 Å². The molecule has 80 valence electrons. The van der Waals surface area contributed by atoms with Crippen LogP contribution in [0.5, 0.6) is 5.75 Å². The Hall–Kier alpha value is -1.84. The van der Waals surface area contributed by atoms with Gasteiger partial charge in [-0.25, -0.2) is 4.79 Å². The summed E-state index contributed by atoms with van der Waals surface area (Å²) in [6, 6.07) is 6.70. The summed E-state index contributed by atoms with van der Waals surface area (Å²) >= 11 is 0. The van der Waals surface area contributed by atoms with Crippen LogP contribution in [-0.4, -0.2) is 25.5 Å². The van der Waals surface area contributed by atoms with Crippen LogP contribution in [0.3, 0.4) is 0 Å². The van der Waals surface area contributed by atoms with Crippen molar-refractivity contribution in [3.8, 4) is 5.75 Å². The molecule has 0 radical (unpaired) electrons. The summed E-state index contributed by atoms with van der Waals surface area (Å²) in [6.07, 6.45) is -0.0459. The van der Waals surface area contributed by atoms with Crippen molar-refractivity contribution in [3.63, 3.8) is 0 Å². The first-order chi connectivity index (χ1) is 7.19. The number of rotatable bonds is 4. The van der Waals surface area contributed by atoms with Crippen LogP contribution in [0.15, 0.2) is 24.3 Å². The van der Waals surface area contributed by atoms with E-state index in [0.717, 1.165) is 0 Å². The van der Waals surface area contributed by atoms with E-state index in [2.05, 4.69) is 4.74 Å². The van der Waals surface area contributed by atoms with Crippen LogP contribution < -0.4 is 4.74 Å². The Bertz CT molecular complexity index is 359. The number of carbonyl (C=O) groups is 2. The average molecular weight is 208 g/mol. The van der Waals surface area contributed by atoms with Crippen molar-refractivity contribution in [2.45, 2.75) is 13.0 Å². The summed E-state index contributed by atoms with van der Waals surface area (Å²) in [4.78, 5) is 21.7. The summed E-state index contributed by atoms with van der Waals surface area (Å²) < 4.78 is 9.79. The van der Waals surface area contributed by atoms with Crippen LogP contribution in [0.1, 0.15) is 17.3 Å². The van der Waals surface area contributed by atoms with Gasteiger partial charge in [-0.15, -0.1) is 0 Å². The Labute approximate surface area is 87.8 Å². The largest absolute Gasteiger partial charge is 0.478 e. The second kappa shape index (κ2) is 5.14. The maximum Gasteiger partial charge on any atom is 0.346 e. The highest BCUT2D eigenvalue weighted by Crippen LogP contribution is 2.17. The molecule has 0 aromatic heterocycles. The normalized spacial score (nSPS) is 11.6. The highest BCUT2D eigenvalue weighted by atomic mass is 16.6. The SMILES string of the molecule is COC(=O)[C@@H](C)Oc1ccccc1C=O. The fourth-order valence-corrected chi connectivity index (χ4v) is 1.09. The zero-order chi connectivity index (χ0) is 11.3. The average Bonchev–Trinajstić information content (AvgIpc) is 2.28. The van der Waals surface area contributed by atoms with E-state index in [1.807, 2.05) is 0 Å². The van der Waals surface area contributed by atoms with Gasteiger partial charge in [-0.3, -0.25) is 4.79 Å². The molecular weight excluding hydrogens is 196 g/mol. The van der Waals surface area contributed by atoms with Gasteiger partial charge in [-0.1, -0.05) is 12.1 Å². The minimum absolute atomic E-state index is 0.380. The number of hydrogen-bond donors (Lipinski definition) is 0. The first-order valence-electron chi connectivity index (χ1n) is 4.47. The van der Waals surface area contributed by atoms with Crippen LogP contribution in [0.2, 0.25) is 0 Å². The van der Waals surface area contributed by atoms with E-state index in [1.54, 1.807) is 31.2 Å². The molecule has 15 heavy (non-hydrogen) atoms. The number of para-hydroxylation sites is 1. The topological polar surface area (TPSA) is 52.6 Å². The van der Waals surface area contributed by atoms with Gasteiger partial charge in [0.25, 0.3) is 0 Å². The molecule has 1 aromatic carbocycles. The smallest absolute Gasteiger partial charge is 0.346 e. The van der Waals surface area contributed by atoms with E-state index >= 15 is 0 Å². The van der Waals surface area contributed by atoms with Gasteiger partial charge in [0.05, 0.1) is 12.7 Å². The van der Waals surface area contributed by atoms with Gasteiger partial charge < -0.3 is 9.47 Å². The standard InChI is InChI=1S/C11H12O4/c1-8(11(13)14-2)15-10-6-4-3-5-9(10)7-12/h3-8H,1-2H3/t8-/m1/s1.